The van der Waals surface area contributed by atoms with Gasteiger partial charge in [-0.05, 0) is 42.0 Å². The fraction of sp³-hybridized carbons (Fsp3) is 0.583. The van der Waals surface area contributed by atoms with E-state index in [2.05, 4.69) is 46.8 Å². The third-order valence-electron chi connectivity index (χ3n) is 3.32. The third kappa shape index (κ3) is 2.60. The summed E-state index contributed by atoms with van der Waals surface area (Å²) in [7, 11) is 4.13. The van der Waals surface area contributed by atoms with Crippen LogP contribution in [0.4, 0.5) is 10.2 Å². The molecule has 2 unspecified atom stereocenters. The Labute approximate surface area is 110 Å². The van der Waals surface area contributed by atoms with Gasteiger partial charge in [0.1, 0.15) is 0 Å². The Morgan fingerprint density at radius 2 is 2.18 bits per heavy atom. The monoisotopic (exact) mass is 301 g/mol. The molecule has 2 heterocycles. The van der Waals surface area contributed by atoms with Crippen molar-refractivity contribution in [3.8, 4) is 0 Å². The molecule has 0 amide bonds. The number of pyridine rings is 1. The minimum Gasteiger partial charge on any atom is -0.352 e. The summed E-state index contributed by atoms with van der Waals surface area (Å²) in [5.74, 6) is 0.727. The van der Waals surface area contributed by atoms with E-state index in [1.165, 1.54) is 6.07 Å². The van der Waals surface area contributed by atoms with Gasteiger partial charge in [-0.1, -0.05) is 6.92 Å². The maximum absolute atomic E-state index is 13.8. The van der Waals surface area contributed by atoms with Crippen molar-refractivity contribution >= 4 is 21.7 Å². The SMILES string of the molecule is CC1CN(c2ncc(Br)cc2F)CC1N(C)C. The first-order valence-electron chi connectivity index (χ1n) is 5.71. The first kappa shape index (κ1) is 12.8. The predicted octanol–water partition coefficient (Wildman–Crippen LogP) is 2.37. The highest BCUT2D eigenvalue weighted by Crippen LogP contribution is 2.27. The molecule has 3 nitrogen and oxygen atoms in total. The molecule has 1 fully saturated rings. The van der Waals surface area contributed by atoms with E-state index in [1.807, 2.05) is 4.90 Å². The Morgan fingerprint density at radius 3 is 2.71 bits per heavy atom. The highest BCUT2D eigenvalue weighted by atomic mass is 79.9. The lowest BCUT2D eigenvalue weighted by atomic mass is 10.1. The maximum Gasteiger partial charge on any atom is 0.166 e. The van der Waals surface area contributed by atoms with Crippen LogP contribution in [0.25, 0.3) is 0 Å². The van der Waals surface area contributed by atoms with Crippen molar-refractivity contribution in [2.75, 3.05) is 32.1 Å². The normalized spacial score (nSPS) is 24.7. The number of nitrogens with zero attached hydrogens (tertiary/aromatic N) is 3. The Balaban J connectivity index is 2.19. The lowest BCUT2D eigenvalue weighted by molar-refractivity contribution is 0.266. The molecule has 94 valence electrons. The summed E-state index contributed by atoms with van der Waals surface area (Å²) < 4.78 is 14.5. The van der Waals surface area contributed by atoms with Gasteiger partial charge in [0.2, 0.25) is 0 Å². The van der Waals surface area contributed by atoms with Gasteiger partial charge in [-0.25, -0.2) is 9.37 Å². The van der Waals surface area contributed by atoms with Crippen molar-refractivity contribution in [1.82, 2.24) is 9.88 Å². The average Bonchev–Trinajstić information content (AvgIpc) is 2.60. The number of hydrogen-bond donors (Lipinski definition) is 0. The molecule has 1 aromatic rings. The van der Waals surface area contributed by atoms with E-state index in [9.17, 15) is 4.39 Å². The lowest BCUT2D eigenvalue weighted by Gasteiger charge is -2.22. The summed E-state index contributed by atoms with van der Waals surface area (Å²) in [6.07, 6.45) is 1.64. The second-order valence-electron chi connectivity index (χ2n) is 4.87. The van der Waals surface area contributed by atoms with Gasteiger partial charge in [0, 0.05) is 29.8 Å². The van der Waals surface area contributed by atoms with Gasteiger partial charge in [-0.3, -0.25) is 0 Å². The van der Waals surface area contributed by atoms with Gasteiger partial charge in [-0.15, -0.1) is 0 Å². The molecule has 0 aromatic carbocycles. The molecule has 17 heavy (non-hydrogen) atoms. The first-order valence-corrected chi connectivity index (χ1v) is 6.50. The highest BCUT2D eigenvalue weighted by molar-refractivity contribution is 9.10. The molecule has 0 N–H and O–H groups in total. The average molecular weight is 302 g/mol. The fourth-order valence-corrected chi connectivity index (χ4v) is 2.74. The molecule has 0 aliphatic carbocycles. The minimum absolute atomic E-state index is 0.258. The topological polar surface area (TPSA) is 19.4 Å². The first-order chi connectivity index (χ1) is 7.99. The molecule has 2 rings (SSSR count). The van der Waals surface area contributed by atoms with Crippen LogP contribution < -0.4 is 4.90 Å². The van der Waals surface area contributed by atoms with Gasteiger partial charge in [0.25, 0.3) is 0 Å². The van der Waals surface area contributed by atoms with Crippen molar-refractivity contribution in [1.29, 1.82) is 0 Å². The summed E-state index contributed by atoms with van der Waals surface area (Å²) in [6.45, 7) is 3.88. The van der Waals surface area contributed by atoms with Crippen LogP contribution in [-0.4, -0.2) is 43.1 Å². The van der Waals surface area contributed by atoms with E-state index in [4.69, 9.17) is 0 Å². The Bertz CT molecular complexity index is 411. The summed E-state index contributed by atoms with van der Waals surface area (Å²) >= 11 is 3.22. The zero-order chi connectivity index (χ0) is 12.6. The van der Waals surface area contributed by atoms with Crippen molar-refractivity contribution in [3.63, 3.8) is 0 Å². The molecule has 5 heteroatoms. The molecule has 1 saturated heterocycles. The van der Waals surface area contributed by atoms with E-state index >= 15 is 0 Å². The molecule has 1 aliphatic heterocycles. The molecule has 2 atom stereocenters. The second-order valence-corrected chi connectivity index (χ2v) is 5.79. The number of rotatable bonds is 2. The second kappa shape index (κ2) is 4.90. The van der Waals surface area contributed by atoms with Gasteiger partial charge in [-0.2, -0.15) is 0 Å². The van der Waals surface area contributed by atoms with Crippen LogP contribution in [0.3, 0.4) is 0 Å². The summed E-state index contributed by atoms with van der Waals surface area (Å²) in [5, 5.41) is 0. The zero-order valence-electron chi connectivity index (χ0n) is 10.3. The number of halogens is 2. The molecule has 1 aromatic heterocycles. The van der Waals surface area contributed by atoms with Crippen LogP contribution >= 0.6 is 15.9 Å². The zero-order valence-corrected chi connectivity index (χ0v) is 11.9. The van der Waals surface area contributed by atoms with Crippen molar-refractivity contribution in [3.05, 3.63) is 22.6 Å². The van der Waals surface area contributed by atoms with Crippen LogP contribution in [0.2, 0.25) is 0 Å². The highest BCUT2D eigenvalue weighted by Gasteiger charge is 2.32. The van der Waals surface area contributed by atoms with E-state index in [-0.39, 0.29) is 5.82 Å². The molecular weight excluding hydrogens is 285 g/mol. The van der Waals surface area contributed by atoms with E-state index in [1.54, 1.807) is 6.20 Å². The number of hydrogen-bond acceptors (Lipinski definition) is 3. The van der Waals surface area contributed by atoms with Gasteiger partial charge in [0.15, 0.2) is 11.6 Å². The molecule has 0 spiro atoms. The number of aromatic nitrogens is 1. The Hall–Kier alpha value is -0.680. The molecule has 0 bridgehead atoms. The maximum atomic E-state index is 13.8. The van der Waals surface area contributed by atoms with Crippen molar-refractivity contribution < 1.29 is 4.39 Å². The quantitative estimate of drug-likeness (QED) is 0.836. The Kier molecular flexibility index (Phi) is 3.68. The van der Waals surface area contributed by atoms with E-state index < -0.39 is 0 Å². The summed E-state index contributed by atoms with van der Waals surface area (Å²) in [6, 6.07) is 1.93. The van der Waals surface area contributed by atoms with Gasteiger partial charge in [0.05, 0.1) is 0 Å². The van der Waals surface area contributed by atoms with Gasteiger partial charge >= 0.3 is 0 Å². The fourth-order valence-electron chi connectivity index (χ4n) is 2.43. The van der Waals surface area contributed by atoms with Crippen LogP contribution in [0.1, 0.15) is 6.92 Å². The number of anilines is 1. The van der Waals surface area contributed by atoms with E-state index in [0.717, 1.165) is 13.1 Å². The number of likely N-dealkylation sites (N-methyl/N-ethyl adjacent to an activating group) is 1. The van der Waals surface area contributed by atoms with Gasteiger partial charge < -0.3 is 9.80 Å². The molecule has 1 aliphatic rings. The largest absolute Gasteiger partial charge is 0.352 e. The van der Waals surface area contributed by atoms with E-state index in [0.29, 0.717) is 22.3 Å². The van der Waals surface area contributed by atoms with Crippen LogP contribution in [0, 0.1) is 11.7 Å². The van der Waals surface area contributed by atoms with Crippen LogP contribution in [-0.2, 0) is 0 Å². The van der Waals surface area contributed by atoms with Crippen LogP contribution in [0.15, 0.2) is 16.7 Å². The smallest absolute Gasteiger partial charge is 0.166 e. The summed E-state index contributed by atoms with van der Waals surface area (Å²) in [5.41, 5.74) is 0. The lowest BCUT2D eigenvalue weighted by Crippen LogP contribution is -2.34. The predicted molar refractivity (Wildman–Crippen MR) is 70.7 cm³/mol. The molecule has 0 radical (unpaired) electrons. The van der Waals surface area contributed by atoms with Crippen molar-refractivity contribution in [2.24, 2.45) is 5.92 Å². The molecular formula is C12H17BrFN3. The summed E-state index contributed by atoms with van der Waals surface area (Å²) in [4.78, 5) is 8.39. The Morgan fingerprint density at radius 1 is 1.47 bits per heavy atom. The van der Waals surface area contributed by atoms with Crippen LogP contribution in [0.5, 0.6) is 0 Å². The minimum atomic E-state index is -0.258. The van der Waals surface area contributed by atoms with Crippen molar-refractivity contribution in [2.45, 2.75) is 13.0 Å². The standard InChI is InChI=1S/C12H17BrFN3/c1-8-6-17(7-11(8)16(2)3)12-10(14)4-9(13)5-15-12/h4-5,8,11H,6-7H2,1-3H3. The molecule has 0 saturated carbocycles. The third-order valence-corrected chi connectivity index (χ3v) is 3.76.